The summed E-state index contributed by atoms with van der Waals surface area (Å²) in [5, 5.41) is 12.9. The molecule has 8 nitrogen and oxygen atoms in total. The van der Waals surface area contributed by atoms with E-state index in [0.717, 1.165) is 12.8 Å². The van der Waals surface area contributed by atoms with Crippen LogP contribution in [0.5, 0.6) is 0 Å². The highest BCUT2D eigenvalue weighted by Crippen LogP contribution is 2.47. The van der Waals surface area contributed by atoms with Crippen LogP contribution in [0.25, 0.3) is 11.0 Å². The zero-order valence-corrected chi connectivity index (χ0v) is 16.0. The van der Waals surface area contributed by atoms with Crippen molar-refractivity contribution in [3.05, 3.63) is 34.2 Å². The molecule has 2 atom stereocenters. The van der Waals surface area contributed by atoms with Crippen LogP contribution in [-0.4, -0.2) is 35.6 Å². The van der Waals surface area contributed by atoms with Gasteiger partial charge in [0.05, 0.1) is 12.2 Å². The van der Waals surface area contributed by atoms with E-state index in [1.807, 2.05) is 4.68 Å². The first-order chi connectivity index (χ1) is 13.4. The molecule has 148 valence electrons. The Labute approximate surface area is 160 Å². The topological polar surface area (TPSA) is 102 Å². The molecular weight excluding hydrogens is 363 g/mol. The van der Waals surface area contributed by atoms with Crippen molar-refractivity contribution in [2.45, 2.75) is 75.9 Å². The average Bonchev–Trinajstić information content (AvgIpc) is 3.21. The lowest BCUT2D eigenvalue weighted by Gasteiger charge is -2.33. The van der Waals surface area contributed by atoms with Crippen molar-refractivity contribution in [2.24, 2.45) is 0 Å². The van der Waals surface area contributed by atoms with Gasteiger partial charge >= 0.3 is 0 Å². The van der Waals surface area contributed by atoms with Crippen LogP contribution in [-0.2, 0) is 0 Å². The van der Waals surface area contributed by atoms with Gasteiger partial charge in [-0.15, -0.1) is 10.2 Å². The Kier molecular flexibility index (Phi) is 3.89. The van der Waals surface area contributed by atoms with E-state index in [-0.39, 0.29) is 23.4 Å². The third-order valence-corrected chi connectivity index (χ3v) is 6.31. The molecule has 2 fully saturated rings. The molecule has 28 heavy (non-hydrogen) atoms. The third kappa shape index (κ3) is 2.84. The van der Waals surface area contributed by atoms with Gasteiger partial charge in [0, 0.05) is 18.8 Å². The highest BCUT2D eigenvalue weighted by molar-refractivity contribution is 5.73. The first kappa shape index (κ1) is 17.5. The fourth-order valence-electron chi connectivity index (χ4n) is 4.43. The van der Waals surface area contributed by atoms with Crippen molar-refractivity contribution in [1.82, 2.24) is 29.9 Å². The Hall–Kier alpha value is -2.58. The molecule has 0 saturated heterocycles. The van der Waals surface area contributed by atoms with E-state index in [9.17, 15) is 9.18 Å². The molecular formula is C19H23FN6O2. The lowest BCUT2D eigenvalue weighted by atomic mass is 9.73. The monoisotopic (exact) mass is 386 g/mol. The number of nitrogens with zero attached hydrogens (tertiary/aromatic N) is 5. The Balaban J connectivity index is 1.49. The van der Waals surface area contributed by atoms with Crippen LogP contribution in [0.15, 0.2) is 15.4 Å². The standard InChI is InChI=1S/C19H23FN6O2/c1-10-24-25-18(28-10)13-4-3-12(13)15-22-16-14(17(27)23-15)9-21-26(16)11-5-7-19(2,20)8-6-11/h9,11-13H,3-8H2,1-2H3,(H,22,23,27)/t11?,12-,13-,19?/m0/s1. The molecule has 0 unspecified atom stereocenters. The fourth-order valence-corrected chi connectivity index (χ4v) is 4.43. The Morgan fingerprint density at radius 2 is 1.96 bits per heavy atom. The SMILES string of the molecule is Cc1nnc([C@H]2CC[C@@H]2c2nc3c(cnn3C3CCC(C)(F)CC3)c(=O)[nH]2)o1. The van der Waals surface area contributed by atoms with Crippen molar-refractivity contribution in [2.75, 3.05) is 0 Å². The van der Waals surface area contributed by atoms with Crippen LogP contribution in [0, 0.1) is 6.92 Å². The number of H-pyrrole nitrogens is 1. The van der Waals surface area contributed by atoms with Crippen molar-refractivity contribution < 1.29 is 8.81 Å². The molecule has 3 heterocycles. The van der Waals surface area contributed by atoms with Crippen LogP contribution in [0.3, 0.4) is 0 Å². The number of aromatic nitrogens is 6. The quantitative estimate of drug-likeness (QED) is 0.741. The second kappa shape index (κ2) is 6.22. The van der Waals surface area contributed by atoms with Crippen LogP contribution < -0.4 is 5.56 Å². The normalized spacial score (nSPS) is 30.5. The van der Waals surface area contributed by atoms with Gasteiger partial charge in [-0.3, -0.25) is 4.79 Å². The van der Waals surface area contributed by atoms with Gasteiger partial charge in [0.25, 0.3) is 5.56 Å². The molecule has 9 heteroatoms. The highest BCUT2D eigenvalue weighted by Gasteiger charge is 2.39. The maximum absolute atomic E-state index is 14.2. The second-order valence-corrected chi connectivity index (χ2v) is 8.37. The molecule has 3 aromatic heterocycles. The van der Waals surface area contributed by atoms with Gasteiger partial charge < -0.3 is 9.40 Å². The van der Waals surface area contributed by atoms with Gasteiger partial charge in [0.2, 0.25) is 11.8 Å². The third-order valence-electron chi connectivity index (χ3n) is 6.31. The van der Waals surface area contributed by atoms with Crippen LogP contribution in [0.1, 0.15) is 80.9 Å². The summed E-state index contributed by atoms with van der Waals surface area (Å²) < 4.78 is 21.6. The summed E-state index contributed by atoms with van der Waals surface area (Å²) in [5.74, 6) is 1.88. The van der Waals surface area contributed by atoms with Crippen molar-refractivity contribution >= 4 is 11.0 Å². The van der Waals surface area contributed by atoms with Gasteiger partial charge in [-0.25, -0.2) is 14.1 Å². The van der Waals surface area contributed by atoms with E-state index in [1.54, 1.807) is 20.0 Å². The molecule has 0 spiro atoms. The van der Waals surface area contributed by atoms with Crippen LogP contribution in [0.4, 0.5) is 4.39 Å². The highest BCUT2D eigenvalue weighted by atomic mass is 19.1. The van der Waals surface area contributed by atoms with Crippen LogP contribution in [0.2, 0.25) is 0 Å². The minimum Gasteiger partial charge on any atom is -0.425 e. The van der Waals surface area contributed by atoms with Crippen molar-refractivity contribution in [1.29, 1.82) is 0 Å². The van der Waals surface area contributed by atoms with Gasteiger partial charge in [-0.1, -0.05) is 0 Å². The summed E-state index contributed by atoms with van der Waals surface area (Å²) in [4.78, 5) is 20.3. The van der Waals surface area contributed by atoms with Gasteiger partial charge in [0.15, 0.2) is 5.65 Å². The number of rotatable bonds is 3. The number of hydrogen-bond acceptors (Lipinski definition) is 6. The summed E-state index contributed by atoms with van der Waals surface area (Å²) in [6.45, 7) is 3.42. The predicted octanol–water partition coefficient (Wildman–Crippen LogP) is 3.32. The van der Waals surface area contributed by atoms with Crippen LogP contribution >= 0.6 is 0 Å². The molecule has 0 amide bonds. The van der Waals surface area contributed by atoms with Crippen molar-refractivity contribution in [3.8, 4) is 0 Å². The molecule has 3 aromatic rings. The lowest BCUT2D eigenvalue weighted by Crippen LogP contribution is -2.29. The van der Waals surface area contributed by atoms with E-state index in [2.05, 4.69) is 20.3 Å². The number of hydrogen-bond donors (Lipinski definition) is 1. The number of halogens is 1. The fraction of sp³-hybridized carbons (Fsp3) is 0.632. The predicted molar refractivity (Wildman–Crippen MR) is 98.9 cm³/mol. The minimum absolute atomic E-state index is 0.0424. The summed E-state index contributed by atoms with van der Waals surface area (Å²) in [6, 6.07) is 0.0688. The number of aryl methyl sites for hydroxylation is 1. The summed E-state index contributed by atoms with van der Waals surface area (Å²) in [6.07, 6.45) is 5.77. The number of aromatic amines is 1. The van der Waals surface area contributed by atoms with Gasteiger partial charge in [0.1, 0.15) is 16.9 Å². The zero-order chi connectivity index (χ0) is 19.5. The second-order valence-electron chi connectivity index (χ2n) is 8.37. The van der Waals surface area contributed by atoms with E-state index in [0.29, 0.717) is 54.3 Å². The number of alkyl halides is 1. The molecule has 0 radical (unpaired) electrons. The molecule has 0 aromatic carbocycles. The van der Waals surface area contributed by atoms with E-state index < -0.39 is 5.67 Å². The molecule has 2 aliphatic rings. The van der Waals surface area contributed by atoms with Crippen molar-refractivity contribution in [3.63, 3.8) is 0 Å². The van der Waals surface area contributed by atoms with E-state index in [1.165, 1.54) is 0 Å². The molecule has 0 aliphatic heterocycles. The van der Waals surface area contributed by atoms with E-state index in [4.69, 9.17) is 9.40 Å². The maximum Gasteiger partial charge on any atom is 0.262 e. The Bertz CT molecular complexity index is 1070. The molecule has 0 bridgehead atoms. The summed E-state index contributed by atoms with van der Waals surface area (Å²) in [7, 11) is 0. The largest absolute Gasteiger partial charge is 0.425 e. The zero-order valence-electron chi connectivity index (χ0n) is 16.0. The number of fused-ring (bicyclic) bond motifs is 1. The maximum atomic E-state index is 14.2. The van der Waals surface area contributed by atoms with E-state index >= 15 is 0 Å². The minimum atomic E-state index is -1.11. The smallest absolute Gasteiger partial charge is 0.262 e. The summed E-state index contributed by atoms with van der Waals surface area (Å²) in [5.41, 5.74) is -0.722. The number of nitrogens with one attached hydrogen (secondary N) is 1. The molecule has 5 rings (SSSR count). The summed E-state index contributed by atoms with van der Waals surface area (Å²) >= 11 is 0. The lowest BCUT2D eigenvalue weighted by molar-refractivity contribution is 0.103. The van der Waals surface area contributed by atoms with Gasteiger partial charge in [-0.05, 0) is 45.4 Å². The van der Waals surface area contributed by atoms with Gasteiger partial charge in [-0.2, -0.15) is 5.10 Å². The first-order valence-electron chi connectivity index (χ1n) is 9.88. The average molecular weight is 386 g/mol. The molecule has 2 saturated carbocycles. The molecule has 1 N–H and O–H groups in total. The Morgan fingerprint density at radius 1 is 1.21 bits per heavy atom. The first-order valence-corrected chi connectivity index (χ1v) is 9.88. The Morgan fingerprint density at radius 3 is 2.61 bits per heavy atom. The molecule has 2 aliphatic carbocycles.